The summed E-state index contributed by atoms with van der Waals surface area (Å²) >= 11 is 0. The third-order valence-corrected chi connectivity index (χ3v) is 3.67. The van der Waals surface area contributed by atoms with Gasteiger partial charge in [0.25, 0.3) is 0 Å². The predicted octanol–water partition coefficient (Wildman–Crippen LogP) is 3.89. The molecule has 1 aromatic rings. The van der Waals surface area contributed by atoms with Crippen LogP contribution < -0.4 is 5.32 Å². The van der Waals surface area contributed by atoms with Gasteiger partial charge in [-0.15, -0.1) is 0 Å². The number of nitrogens with one attached hydrogen (secondary N) is 2. The first-order valence-electron chi connectivity index (χ1n) is 7.20. The molecule has 2 N–H and O–H groups in total. The maximum atomic E-state index is 8.21. The molecule has 0 aliphatic heterocycles. The van der Waals surface area contributed by atoms with Gasteiger partial charge in [-0.1, -0.05) is 55.8 Å². The number of allylic oxidation sites excluding steroid dienone is 1. The van der Waals surface area contributed by atoms with Crippen molar-refractivity contribution >= 4 is 11.8 Å². The van der Waals surface area contributed by atoms with Crippen molar-refractivity contribution in [2.45, 2.75) is 39.2 Å². The topological polar surface area (TPSA) is 35.9 Å². The molecule has 19 heavy (non-hydrogen) atoms. The van der Waals surface area contributed by atoms with Crippen molar-refractivity contribution in [3.8, 4) is 0 Å². The lowest BCUT2D eigenvalue weighted by Gasteiger charge is -2.26. The maximum absolute atomic E-state index is 8.21. The molecule has 2 rings (SSSR count). The Hall–Kier alpha value is -1.41. The van der Waals surface area contributed by atoms with Crippen molar-refractivity contribution in [2.24, 2.45) is 5.92 Å². The van der Waals surface area contributed by atoms with E-state index < -0.39 is 0 Å². The summed E-state index contributed by atoms with van der Waals surface area (Å²) < 4.78 is 0. The molecule has 0 radical (unpaired) electrons. The van der Waals surface area contributed by atoms with E-state index in [0.717, 1.165) is 31.5 Å². The summed E-state index contributed by atoms with van der Waals surface area (Å²) in [4.78, 5) is 0. The maximum Gasteiger partial charge on any atom is 0.0173 e. The van der Waals surface area contributed by atoms with E-state index in [0.29, 0.717) is 12.0 Å². The molecule has 1 unspecified atom stereocenters. The van der Waals surface area contributed by atoms with Crippen LogP contribution in [0.1, 0.15) is 38.7 Å². The second-order valence-electron chi connectivity index (χ2n) is 5.71. The fourth-order valence-electron chi connectivity index (χ4n) is 2.52. The van der Waals surface area contributed by atoms with E-state index in [9.17, 15) is 0 Å². The SMILES string of the molecule is CC(C)NCC1CC/C(=C\c2ccccc2)CC1=N. The Balaban J connectivity index is 1.93. The molecule has 0 bridgehead atoms. The summed E-state index contributed by atoms with van der Waals surface area (Å²) in [7, 11) is 0. The molecular formula is C17H24N2. The van der Waals surface area contributed by atoms with Gasteiger partial charge in [-0.05, 0) is 18.4 Å². The van der Waals surface area contributed by atoms with Gasteiger partial charge >= 0.3 is 0 Å². The molecule has 0 aromatic heterocycles. The van der Waals surface area contributed by atoms with Crippen molar-refractivity contribution in [3.63, 3.8) is 0 Å². The summed E-state index contributed by atoms with van der Waals surface area (Å²) in [5, 5.41) is 11.7. The summed E-state index contributed by atoms with van der Waals surface area (Å²) in [5.74, 6) is 0.426. The molecule has 0 spiro atoms. The van der Waals surface area contributed by atoms with E-state index in [1.54, 1.807) is 0 Å². The Bertz CT molecular complexity index is 446. The van der Waals surface area contributed by atoms with Crippen molar-refractivity contribution in [1.29, 1.82) is 5.41 Å². The smallest absolute Gasteiger partial charge is 0.0173 e. The second-order valence-corrected chi connectivity index (χ2v) is 5.71. The van der Waals surface area contributed by atoms with E-state index in [-0.39, 0.29) is 0 Å². The monoisotopic (exact) mass is 256 g/mol. The Morgan fingerprint density at radius 1 is 1.32 bits per heavy atom. The Kier molecular flexibility index (Phi) is 4.92. The highest BCUT2D eigenvalue weighted by Gasteiger charge is 2.21. The number of hydrogen-bond donors (Lipinski definition) is 2. The van der Waals surface area contributed by atoms with Gasteiger partial charge < -0.3 is 10.7 Å². The molecule has 1 aromatic carbocycles. The Morgan fingerprint density at radius 2 is 2.05 bits per heavy atom. The fourth-order valence-corrected chi connectivity index (χ4v) is 2.52. The third kappa shape index (κ3) is 4.32. The van der Waals surface area contributed by atoms with Gasteiger partial charge in [0.2, 0.25) is 0 Å². The first-order chi connectivity index (χ1) is 9.15. The standard InChI is InChI=1S/C17H24N2/c1-13(2)19-12-16-9-8-15(11-17(16)18)10-14-6-4-3-5-7-14/h3-7,10,13,16,18-19H,8-9,11-12H2,1-2H3/b15-10+,18-17?. The normalized spacial score (nSPS) is 22.2. The molecule has 1 fully saturated rings. The second kappa shape index (κ2) is 6.67. The molecule has 0 saturated heterocycles. The minimum Gasteiger partial charge on any atom is -0.314 e. The van der Waals surface area contributed by atoms with Gasteiger partial charge in [-0.2, -0.15) is 0 Å². The largest absolute Gasteiger partial charge is 0.314 e. The first-order valence-corrected chi connectivity index (χ1v) is 7.20. The summed E-state index contributed by atoms with van der Waals surface area (Å²) in [5.41, 5.74) is 3.54. The van der Waals surface area contributed by atoms with Crippen LogP contribution in [0.4, 0.5) is 0 Å². The molecule has 1 aliphatic carbocycles. The van der Waals surface area contributed by atoms with Crippen LogP contribution in [0.25, 0.3) is 6.08 Å². The lowest BCUT2D eigenvalue weighted by molar-refractivity contribution is 0.489. The van der Waals surface area contributed by atoms with Crippen LogP contribution in [0.5, 0.6) is 0 Å². The Morgan fingerprint density at radius 3 is 2.68 bits per heavy atom. The molecule has 2 heteroatoms. The predicted molar refractivity (Wildman–Crippen MR) is 82.6 cm³/mol. The zero-order valence-corrected chi connectivity index (χ0v) is 11.9. The van der Waals surface area contributed by atoms with E-state index in [1.807, 2.05) is 6.07 Å². The number of benzene rings is 1. The summed E-state index contributed by atoms with van der Waals surface area (Å²) in [6.45, 7) is 5.27. The van der Waals surface area contributed by atoms with Crippen molar-refractivity contribution in [3.05, 3.63) is 41.5 Å². The van der Waals surface area contributed by atoms with Crippen LogP contribution >= 0.6 is 0 Å². The third-order valence-electron chi connectivity index (χ3n) is 3.67. The molecular weight excluding hydrogens is 232 g/mol. The van der Waals surface area contributed by atoms with Crippen molar-refractivity contribution in [1.82, 2.24) is 5.32 Å². The van der Waals surface area contributed by atoms with Crippen LogP contribution in [-0.4, -0.2) is 18.3 Å². The molecule has 1 aliphatic rings. The highest BCUT2D eigenvalue weighted by atomic mass is 14.9. The lowest BCUT2D eigenvalue weighted by Crippen LogP contribution is -2.34. The zero-order valence-electron chi connectivity index (χ0n) is 11.9. The van der Waals surface area contributed by atoms with Crippen molar-refractivity contribution in [2.75, 3.05) is 6.54 Å². The molecule has 102 valence electrons. The summed E-state index contributed by atoms with van der Waals surface area (Å²) in [6, 6.07) is 10.9. The molecule has 2 nitrogen and oxygen atoms in total. The van der Waals surface area contributed by atoms with Gasteiger partial charge in [0.15, 0.2) is 0 Å². The van der Waals surface area contributed by atoms with E-state index in [2.05, 4.69) is 49.5 Å². The van der Waals surface area contributed by atoms with Gasteiger partial charge in [0.1, 0.15) is 0 Å². The lowest BCUT2D eigenvalue weighted by atomic mass is 9.83. The fraction of sp³-hybridized carbons (Fsp3) is 0.471. The van der Waals surface area contributed by atoms with Gasteiger partial charge in [-0.3, -0.25) is 0 Å². The van der Waals surface area contributed by atoms with Crippen LogP contribution in [-0.2, 0) is 0 Å². The van der Waals surface area contributed by atoms with Gasteiger partial charge in [0, 0.05) is 30.6 Å². The zero-order chi connectivity index (χ0) is 13.7. The highest BCUT2D eigenvalue weighted by molar-refractivity contribution is 5.88. The van der Waals surface area contributed by atoms with Crippen LogP contribution in [0.15, 0.2) is 35.9 Å². The van der Waals surface area contributed by atoms with Crippen molar-refractivity contribution < 1.29 is 0 Å². The number of hydrogen-bond acceptors (Lipinski definition) is 2. The van der Waals surface area contributed by atoms with Gasteiger partial charge in [0.05, 0.1) is 0 Å². The Labute approximate surface area is 116 Å². The minimum absolute atomic E-state index is 0.426. The average Bonchev–Trinajstić information content (AvgIpc) is 2.39. The highest BCUT2D eigenvalue weighted by Crippen LogP contribution is 2.27. The quantitative estimate of drug-likeness (QED) is 0.842. The molecule has 0 heterocycles. The van der Waals surface area contributed by atoms with Crippen LogP contribution in [0.2, 0.25) is 0 Å². The number of rotatable bonds is 4. The average molecular weight is 256 g/mol. The van der Waals surface area contributed by atoms with E-state index >= 15 is 0 Å². The van der Waals surface area contributed by atoms with Gasteiger partial charge in [-0.25, -0.2) is 0 Å². The first kappa shape index (κ1) is 14.0. The van der Waals surface area contributed by atoms with Crippen LogP contribution in [0.3, 0.4) is 0 Å². The molecule has 0 amide bonds. The molecule has 1 atom stereocenters. The molecule has 1 saturated carbocycles. The minimum atomic E-state index is 0.426. The van der Waals surface area contributed by atoms with Crippen LogP contribution in [0, 0.1) is 11.3 Å². The van der Waals surface area contributed by atoms with E-state index in [1.165, 1.54) is 11.1 Å². The summed E-state index contributed by atoms with van der Waals surface area (Å²) in [6.07, 6.45) is 5.33. The van der Waals surface area contributed by atoms with E-state index in [4.69, 9.17) is 5.41 Å².